The van der Waals surface area contributed by atoms with Gasteiger partial charge in [-0.25, -0.2) is 10.2 Å². The number of fused-ring (bicyclic) bond motifs is 1. The molecule has 2 N–H and O–H groups in total. The van der Waals surface area contributed by atoms with E-state index in [1.165, 1.54) is 0 Å². The molecule has 0 spiro atoms. The summed E-state index contributed by atoms with van der Waals surface area (Å²) in [5.41, 5.74) is 3.67. The van der Waals surface area contributed by atoms with E-state index in [0.717, 1.165) is 16.9 Å². The van der Waals surface area contributed by atoms with Crippen LogP contribution in [0.15, 0.2) is 34.9 Å². The van der Waals surface area contributed by atoms with Crippen molar-refractivity contribution >= 4 is 36.1 Å². The molecule has 1 heterocycles. The second kappa shape index (κ2) is 10.3. The number of carbonyl (C=O) groups excluding carboxylic acids is 2. The molecular weight excluding hydrogens is 390 g/mol. The van der Waals surface area contributed by atoms with Gasteiger partial charge in [-0.15, -0.1) is 0 Å². The highest BCUT2D eigenvalue weighted by Gasteiger charge is 2.24. The van der Waals surface area contributed by atoms with E-state index in [2.05, 4.69) is 15.8 Å². The van der Waals surface area contributed by atoms with Crippen LogP contribution >= 0.6 is 11.8 Å². The van der Waals surface area contributed by atoms with Crippen molar-refractivity contribution in [2.75, 3.05) is 12.0 Å². The van der Waals surface area contributed by atoms with Crippen molar-refractivity contribution in [3.05, 3.63) is 35.4 Å². The third-order valence-electron chi connectivity index (χ3n) is 4.02. The Bertz CT molecular complexity index is 786. The first-order valence-corrected chi connectivity index (χ1v) is 10.9. The second-order valence-electron chi connectivity index (χ2n) is 7.66. The van der Waals surface area contributed by atoms with Crippen molar-refractivity contribution < 1.29 is 19.1 Å². The third kappa shape index (κ3) is 7.45. The molecule has 1 aromatic carbocycles. The maximum Gasteiger partial charge on any atom is 0.408 e. The van der Waals surface area contributed by atoms with Gasteiger partial charge in [0.05, 0.1) is 6.21 Å². The number of hydrogen-bond acceptors (Lipinski definition) is 6. The van der Waals surface area contributed by atoms with Crippen LogP contribution in [-0.2, 0) is 9.53 Å². The quantitative estimate of drug-likeness (QED) is 0.521. The first kappa shape index (κ1) is 22.8. The summed E-state index contributed by atoms with van der Waals surface area (Å²) >= 11 is 1.59. The van der Waals surface area contributed by atoms with Crippen LogP contribution in [0.1, 0.15) is 39.7 Å². The topological polar surface area (TPSA) is 89.0 Å². The van der Waals surface area contributed by atoms with E-state index in [9.17, 15) is 9.59 Å². The maximum atomic E-state index is 12.5. The zero-order valence-electron chi connectivity index (χ0n) is 17.5. The fourth-order valence-corrected chi connectivity index (χ4v) is 3.08. The molecular formula is C21H29N3O4S. The fraction of sp³-hybridized carbons (Fsp3) is 0.476. The van der Waals surface area contributed by atoms with E-state index in [1.54, 1.807) is 38.7 Å². The molecule has 8 heteroatoms. The predicted octanol–water partition coefficient (Wildman–Crippen LogP) is 3.60. The first-order valence-electron chi connectivity index (χ1n) is 9.48. The molecule has 0 radical (unpaired) electrons. The van der Waals surface area contributed by atoms with Gasteiger partial charge in [-0.3, -0.25) is 4.79 Å². The number of para-hydroxylation sites is 1. The first-order chi connectivity index (χ1) is 13.7. The van der Waals surface area contributed by atoms with Crippen molar-refractivity contribution in [2.24, 2.45) is 5.10 Å². The molecule has 1 aliphatic rings. The highest BCUT2D eigenvalue weighted by molar-refractivity contribution is 7.98. The van der Waals surface area contributed by atoms with Gasteiger partial charge in [-0.1, -0.05) is 18.2 Å². The fourth-order valence-electron chi connectivity index (χ4n) is 2.61. The van der Waals surface area contributed by atoms with Gasteiger partial charge in [0, 0.05) is 11.1 Å². The smallest absolute Gasteiger partial charge is 0.408 e. The minimum atomic E-state index is -0.732. The van der Waals surface area contributed by atoms with E-state index in [0.29, 0.717) is 12.2 Å². The molecule has 2 rings (SSSR count). The van der Waals surface area contributed by atoms with Gasteiger partial charge in [0.25, 0.3) is 5.91 Å². The number of hydrogen-bond donors (Lipinski definition) is 2. The molecule has 1 aromatic rings. The van der Waals surface area contributed by atoms with Crippen molar-refractivity contribution in [1.82, 2.24) is 10.7 Å². The van der Waals surface area contributed by atoms with Gasteiger partial charge in [-0.05, 0) is 58.3 Å². The lowest BCUT2D eigenvalue weighted by molar-refractivity contribution is -0.123. The summed E-state index contributed by atoms with van der Waals surface area (Å²) in [6.07, 6.45) is 5.14. The molecule has 0 bridgehead atoms. The van der Waals surface area contributed by atoms with Crippen LogP contribution in [-0.4, -0.2) is 48.0 Å². The molecule has 158 valence electrons. The highest BCUT2D eigenvalue weighted by atomic mass is 32.2. The number of hydrazone groups is 1. The van der Waals surface area contributed by atoms with Crippen molar-refractivity contribution in [3.8, 4) is 5.75 Å². The number of benzene rings is 1. The van der Waals surface area contributed by atoms with E-state index in [-0.39, 0.29) is 6.10 Å². The third-order valence-corrected chi connectivity index (χ3v) is 4.66. The normalized spacial score (nSPS) is 17.0. The Morgan fingerprint density at radius 2 is 2.07 bits per heavy atom. The monoisotopic (exact) mass is 419 g/mol. The van der Waals surface area contributed by atoms with E-state index < -0.39 is 23.6 Å². The van der Waals surface area contributed by atoms with Crippen molar-refractivity contribution in [2.45, 2.75) is 51.9 Å². The van der Waals surface area contributed by atoms with Gasteiger partial charge in [-0.2, -0.15) is 16.9 Å². The summed E-state index contributed by atoms with van der Waals surface area (Å²) in [6.45, 7) is 7.23. The van der Waals surface area contributed by atoms with Gasteiger partial charge in [0.15, 0.2) is 0 Å². The molecule has 0 aromatic heterocycles. The lowest BCUT2D eigenvalue weighted by Crippen LogP contribution is -2.47. The average Bonchev–Trinajstić information content (AvgIpc) is 2.63. The maximum absolute atomic E-state index is 12.5. The second-order valence-corrected chi connectivity index (χ2v) is 8.64. The Hall–Kier alpha value is -2.48. The minimum absolute atomic E-state index is 0.183. The van der Waals surface area contributed by atoms with Crippen LogP contribution in [0.4, 0.5) is 4.79 Å². The number of ether oxygens (including phenoxy) is 2. The summed E-state index contributed by atoms with van der Waals surface area (Å²) in [6, 6.07) is 6.99. The number of nitrogens with zero attached hydrogens (tertiary/aromatic N) is 1. The molecule has 7 nitrogen and oxygen atoms in total. The van der Waals surface area contributed by atoms with Crippen LogP contribution in [0, 0.1) is 0 Å². The zero-order chi connectivity index (χ0) is 21.4. The molecule has 1 aliphatic heterocycles. The van der Waals surface area contributed by atoms with Crippen molar-refractivity contribution in [3.63, 3.8) is 0 Å². The molecule has 0 fully saturated rings. The summed E-state index contributed by atoms with van der Waals surface area (Å²) in [5.74, 6) is 1.14. The summed E-state index contributed by atoms with van der Waals surface area (Å²) in [4.78, 5) is 24.6. The zero-order valence-corrected chi connectivity index (χ0v) is 18.3. The van der Waals surface area contributed by atoms with Gasteiger partial charge in [0.1, 0.15) is 23.5 Å². The Labute approximate surface area is 176 Å². The summed E-state index contributed by atoms with van der Waals surface area (Å²) in [7, 11) is 0. The number of alkyl carbamates (subject to hydrolysis) is 1. The lowest BCUT2D eigenvalue weighted by Gasteiger charge is -2.23. The van der Waals surface area contributed by atoms with Crippen LogP contribution < -0.4 is 15.5 Å². The number of nitrogens with one attached hydrogen (secondary N) is 2. The lowest BCUT2D eigenvalue weighted by atomic mass is 10.0. The van der Waals surface area contributed by atoms with Gasteiger partial charge < -0.3 is 14.8 Å². The predicted molar refractivity (Wildman–Crippen MR) is 117 cm³/mol. The summed E-state index contributed by atoms with van der Waals surface area (Å²) < 4.78 is 11.1. The molecule has 2 unspecified atom stereocenters. The van der Waals surface area contributed by atoms with Gasteiger partial charge >= 0.3 is 6.09 Å². The van der Waals surface area contributed by atoms with Crippen LogP contribution in [0.3, 0.4) is 0 Å². The summed E-state index contributed by atoms with van der Waals surface area (Å²) in [5, 5.41) is 6.68. The van der Waals surface area contributed by atoms with E-state index in [1.807, 2.05) is 43.5 Å². The molecule has 29 heavy (non-hydrogen) atoms. The Balaban J connectivity index is 1.99. The van der Waals surface area contributed by atoms with Crippen LogP contribution in [0.25, 0.3) is 6.08 Å². The number of thioether (sulfide) groups is 1. The van der Waals surface area contributed by atoms with E-state index >= 15 is 0 Å². The average molecular weight is 420 g/mol. The Kier molecular flexibility index (Phi) is 8.13. The Morgan fingerprint density at radius 3 is 2.76 bits per heavy atom. The minimum Gasteiger partial charge on any atom is -0.485 e. The number of amides is 2. The standard InChI is InChI=1S/C21H29N3O4S/c1-14-16(12-15-8-6-7-9-18(15)27-14)13-22-24-19(25)17(10-11-29-5)23-20(26)28-21(2,3)4/h6-9,12-14,17H,10-11H2,1-5H3,(H,23,26)(H,24,25). The van der Waals surface area contributed by atoms with Gasteiger partial charge in [0.2, 0.25) is 0 Å². The molecule has 2 atom stereocenters. The largest absolute Gasteiger partial charge is 0.485 e. The molecule has 0 aliphatic carbocycles. The number of carbonyl (C=O) groups is 2. The van der Waals surface area contributed by atoms with Crippen LogP contribution in [0.5, 0.6) is 5.75 Å². The highest BCUT2D eigenvalue weighted by Crippen LogP contribution is 2.28. The van der Waals surface area contributed by atoms with E-state index in [4.69, 9.17) is 9.47 Å². The SMILES string of the molecule is CSCCC(NC(=O)OC(C)(C)C)C(=O)NN=CC1=Cc2ccccc2OC1C. The Morgan fingerprint density at radius 1 is 1.34 bits per heavy atom. The molecule has 0 saturated heterocycles. The molecule has 0 saturated carbocycles. The molecule has 2 amide bonds. The number of rotatable bonds is 7. The van der Waals surface area contributed by atoms with Crippen molar-refractivity contribution in [1.29, 1.82) is 0 Å². The van der Waals surface area contributed by atoms with Crippen LogP contribution in [0.2, 0.25) is 0 Å².